The van der Waals surface area contributed by atoms with E-state index >= 15 is 0 Å². The van der Waals surface area contributed by atoms with E-state index in [0.29, 0.717) is 17.4 Å². The summed E-state index contributed by atoms with van der Waals surface area (Å²) in [5.74, 6) is 1.36. The number of carbonyl (C=O) groups excluding carboxylic acids is 1. The summed E-state index contributed by atoms with van der Waals surface area (Å²) in [6.07, 6.45) is 2.19. The summed E-state index contributed by atoms with van der Waals surface area (Å²) in [6.45, 7) is 5.76. The van der Waals surface area contributed by atoms with E-state index in [1.165, 1.54) is 6.33 Å². The van der Waals surface area contributed by atoms with Gasteiger partial charge in [0.25, 0.3) is 0 Å². The van der Waals surface area contributed by atoms with E-state index < -0.39 is 5.41 Å². The van der Waals surface area contributed by atoms with Gasteiger partial charge in [-0.2, -0.15) is 10.1 Å². The van der Waals surface area contributed by atoms with Gasteiger partial charge in [-0.05, 0) is 41.8 Å². The zero-order chi connectivity index (χ0) is 21.5. The van der Waals surface area contributed by atoms with Gasteiger partial charge in [0.2, 0.25) is 11.9 Å². The van der Waals surface area contributed by atoms with Crippen LogP contribution in [0.15, 0.2) is 54.9 Å². The van der Waals surface area contributed by atoms with Crippen molar-refractivity contribution in [3.05, 3.63) is 71.0 Å². The lowest BCUT2D eigenvalue weighted by molar-refractivity contribution is -0.126. The van der Waals surface area contributed by atoms with E-state index in [4.69, 9.17) is 16.3 Å². The molecule has 0 bridgehead atoms. The summed E-state index contributed by atoms with van der Waals surface area (Å²) < 4.78 is 7.14. The molecule has 156 valence electrons. The minimum Gasteiger partial charge on any atom is -0.497 e. The van der Waals surface area contributed by atoms with Crippen LogP contribution < -0.4 is 9.64 Å². The predicted molar refractivity (Wildman–Crippen MR) is 117 cm³/mol. The first kappa shape index (κ1) is 20.4. The van der Waals surface area contributed by atoms with Gasteiger partial charge in [0.1, 0.15) is 12.1 Å². The van der Waals surface area contributed by atoms with Gasteiger partial charge in [-0.1, -0.05) is 56.6 Å². The molecule has 0 radical (unpaired) electrons. The minimum atomic E-state index is -0.561. The van der Waals surface area contributed by atoms with Crippen molar-refractivity contribution in [3.63, 3.8) is 0 Å². The van der Waals surface area contributed by atoms with Gasteiger partial charge >= 0.3 is 0 Å². The molecular formula is C23H25ClN4O2. The SMILES string of the molecule is COc1ccc([C@H]2C[C@H](c3ccc(Cl)cc3)N(C(=O)C(C)(C)C)c3ncnn32)cc1. The summed E-state index contributed by atoms with van der Waals surface area (Å²) in [6, 6.07) is 15.4. The fraction of sp³-hybridized carbons (Fsp3) is 0.348. The first-order valence-corrected chi connectivity index (χ1v) is 10.3. The molecule has 1 aliphatic heterocycles. The van der Waals surface area contributed by atoms with Crippen LogP contribution in [0.1, 0.15) is 50.4 Å². The Hall–Kier alpha value is -2.86. The molecule has 1 aliphatic rings. The number of methoxy groups -OCH3 is 1. The molecular weight excluding hydrogens is 400 g/mol. The average Bonchev–Trinajstić information content (AvgIpc) is 3.22. The van der Waals surface area contributed by atoms with E-state index in [2.05, 4.69) is 10.1 Å². The van der Waals surface area contributed by atoms with Gasteiger partial charge in [0.15, 0.2) is 0 Å². The van der Waals surface area contributed by atoms with E-state index in [0.717, 1.165) is 16.9 Å². The molecule has 0 saturated carbocycles. The number of hydrogen-bond donors (Lipinski definition) is 0. The number of anilines is 1. The second-order valence-corrected chi connectivity index (χ2v) is 8.96. The number of amides is 1. The van der Waals surface area contributed by atoms with Crippen LogP contribution in [0.5, 0.6) is 5.75 Å². The van der Waals surface area contributed by atoms with Crippen molar-refractivity contribution in [2.24, 2.45) is 5.41 Å². The second-order valence-electron chi connectivity index (χ2n) is 8.52. The van der Waals surface area contributed by atoms with Crippen LogP contribution in [0, 0.1) is 5.41 Å². The number of halogens is 1. The highest BCUT2D eigenvalue weighted by Gasteiger charge is 2.42. The van der Waals surface area contributed by atoms with Crippen molar-refractivity contribution < 1.29 is 9.53 Å². The van der Waals surface area contributed by atoms with Gasteiger partial charge in [0.05, 0.1) is 19.2 Å². The molecule has 6 nitrogen and oxygen atoms in total. The topological polar surface area (TPSA) is 60.2 Å². The highest BCUT2D eigenvalue weighted by molar-refractivity contribution is 6.30. The second kappa shape index (κ2) is 7.76. The third-order valence-electron chi connectivity index (χ3n) is 5.44. The predicted octanol–water partition coefficient (Wildman–Crippen LogP) is 5.05. The summed E-state index contributed by atoms with van der Waals surface area (Å²) in [7, 11) is 1.65. The first-order valence-electron chi connectivity index (χ1n) is 9.92. The van der Waals surface area contributed by atoms with Crippen LogP contribution >= 0.6 is 11.6 Å². The summed E-state index contributed by atoms with van der Waals surface area (Å²) >= 11 is 6.12. The number of nitrogens with zero attached hydrogens (tertiary/aromatic N) is 4. The Bertz CT molecular complexity index is 1040. The van der Waals surface area contributed by atoms with Gasteiger partial charge in [-0.25, -0.2) is 4.68 Å². The number of rotatable bonds is 3. The highest BCUT2D eigenvalue weighted by Crippen LogP contribution is 2.43. The largest absolute Gasteiger partial charge is 0.497 e. The normalized spacial score (nSPS) is 18.8. The molecule has 2 heterocycles. The van der Waals surface area contributed by atoms with Gasteiger partial charge in [-0.15, -0.1) is 0 Å². The van der Waals surface area contributed by atoms with Crippen molar-refractivity contribution in [2.75, 3.05) is 12.0 Å². The smallest absolute Gasteiger partial charge is 0.235 e. The Labute approximate surface area is 181 Å². The Balaban J connectivity index is 1.83. The molecule has 2 aromatic carbocycles. The fourth-order valence-corrected chi connectivity index (χ4v) is 3.99. The molecule has 0 spiro atoms. The van der Waals surface area contributed by atoms with Gasteiger partial charge < -0.3 is 4.74 Å². The quantitative estimate of drug-likeness (QED) is 0.590. The number of fused-ring (bicyclic) bond motifs is 1. The van der Waals surface area contributed by atoms with Crippen LogP contribution in [0.25, 0.3) is 0 Å². The Morgan fingerprint density at radius 2 is 1.63 bits per heavy atom. The number of benzene rings is 2. The number of carbonyl (C=O) groups is 1. The Morgan fingerprint density at radius 1 is 1.03 bits per heavy atom. The maximum Gasteiger partial charge on any atom is 0.235 e. The molecule has 0 unspecified atom stereocenters. The fourth-order valence-electron chi connectivity index (χ4n) is 3.86. The van der Waals surface area contributed by atoms with Crippen LogP contribution in [0.2, 0.25) is 5.02 Å². The average molecular weight is 425 g/mol. The van der Waals surface area contributed by atoms with Crippen molar-refractivity contribution >= 4 is 23.5 Å². The Kier molecular flexibility index (Phi) is 5.28. The molecule has 1 aromatic heterocycles. The number of ether oxygens (including phenoxy) is 1. The zero-order valence-corrected chi connectivity index (χ0v) is 18.3. The van der Waals surface area contributed by atoms with Crippen LogP contribution in [-0.4, -0.2) is 27.8 Å². The molecule has 0 aliphatic carbocycles. The van der Waals surface area contributed by atoms with E-state index in [9.17, 15) is 4.79 Å². The summed E-state index contributed by atoms with van der Waals surface area (Å²) in [5, 5.41) is 5.14. The van der Waals surface area contributed by atoms with E-state index in [1.54, 1.807) is 12.0 Å². The number of aromatic nitrogens is 3. The van der Waals surface area contributed by atoms with Gasteiger partial charge in [-0.3, -0.25) is 9.69 Å². The molecule has 1 amide bonds. The van der Waals surface area contributed by atoms with Crippen LogP contribution in [-0.2, 0) is 4.79 Å². The lowest BCUT2D eigenvalue weighted by atomic mass is 9.88. The van der Waals surface area contributed by atoms with Crippen molar-refractivity contribution in [1.82, 2.24) is 14.8 Å². The van der Waals surface area contributed by atoms with Gasteiger partial charge in [0, 0.05) is 10.4 Å². The molecule has 0 N–H and O–H groups in total. The highest BCUT2D eigenvalue weighted by atomic mass is 35.5. The molecule has 7 heteroatoms. The van der Waals surface area contributed by atoms with Crippen molar-refractivity contribution in [3.8, 4) is 5.75 Å². The van der Waals surface area contributed by atoms with E-state index in [-0.39, 0.29) is 18.0 Å². The third kappa shape index (κ3) is 3.67. The molecule has 4 rings (SSSR count). The zero-order valence-electron chi connectivity index (χ0n) is 17.5. The molecule has 0 fully saturated rings. The van der Waals surface area contributed by atoms with Crippen LogP contribution in [0.4, 0.5) is 5.95 Å². The van der Waals surface area contributed by atoms with Crippen LogP contribution in [0.3, 0.4) is 0 Å². The Morgan fingerprint density at radius 3 is 2.23 bits per heavy atom. The van der Waals surface area contributed by atoms with E-state index in [1.807, 2.05) is 74.0 Å². The molecule has 30 heavy (non-hydrogen) atoms. The minimum absolute atomic E-state index is 0.00452. The summed E-state index contributed by atoms with van der Waals surface area (Å²) in [4.78, 5) is 19.7. The lowest BCUT2D eigenvalue weighted by Gasteiger charge is -2.41. The lowest BCUT2D eigenvalue weighted by Crippen LogP contribution is -2.47. The molecule has 3 aromatic rings. The van der Waals surface area contributed by atoms with Crippen molar-refractivity contribution in [1.29, 1.82) is 0 Å². The monoisotopic (exact) mass is 424 g/mol. The maximum atomic E-state index is 13.5. The molecule has 2 atom stereocenters. The first-order chi connectivity index (χ1) is 14.3. The number of hydrogen-bond acceptors (Lipinski definition) is 4. The standard InChI is InChI=1S/C23H25ClN4O2/c1-23(2,3)21(29)27-19(15-5-9-17(24)10-6-15)13-20(28-22(27)25-14-26-28)16-7-11-18(30-4)12-8-16/h5-12,14,19-20H,13H2,1-4H3/t19-,20-/m1/s1. The third-order valence-corrected chi connectivity index (χ3v) is 5.69. The molecule has 0 saturated heterocycles. The summed E-state index contributed by atoms with van der Waals surface area (Å²) in [5.41, 5.74) is 1.54. The van der Waals surface area contributed by atoms with Crippen molar-refractivity contribution in [2.45, 2.75) is 39.3 Å². The maximum absolute atomic E-state index is 13.5.